The SMILES string of the molecule is Cc1ccc(COCC(C)N(O)C(N)=O)s1. The number of carbonyl (C=O) groups excluding carboxylic acids is 1. The van der Waals surface area contributed by atoms with Crippen LogP contribution in [0.2, 0.25) is 0 Å². The Balaban J connectivity index is 2.27. The Morgan fingerprint density at radius 2 is 2.38 bits per heavy atom. The second kappa shape index (κ2) is 5.83. The highest BCUT2D eigenvalue weighted by Crippen LogP contribution is 2.15. The number of aryl methyl sites for hydroxylation is 1. The monoisotopic (exact) mass is 244 g/mol. The standard InChI is InChI=1S/C10H16N2O3S/c1-7(12(14)10(11)13)5-15-6-9-4-3-8(2)16-9/h3-4,7,14H,5-6H2,1-2H3,(H2,11,13). The molecule has 0 aromatic carbocycles. The van der Waals surface area contributed by atoms with Gasteiger partial charge in [-0.2, -0.15) is 0 Å². The molecule has 0 aliphatic rings. The second-order valence-corrected chi connectivity index (χ2v) is 4.93. The van der Waals surface area contributed by atoms with Crippen LogP contribution in [0.5, 0.6) is 0 Å². The lowest BCUT2D eigenvalue weighted by atomic mass is 10.3. The number of rotatable bonds is 5. The lowest BCUT2D eigenvalue weighted by molar-refractivity contribution is -0.0920. The number of primary amides is 1. The minimum Gasteiger partial charge on any atom is -0.374 e. The number of urea groups is 1. The Morgan fingerprint density at radius 3 is 2.88 bits per heavy atom. The molecule has 1 heterocycles. The van der Waals surface area contributed by atoms with Crippen LogP contribution in [0, 0.1) is 6.92 Å². The van der Waals surface area contributed by atoms with Gasteiger partial charge in [-0.3, -0.25) is 5.21 Å². The van der Waals surface area contributed by atoms with Crippen molar-refractivity contribution in [3.05, 3.63) is 21.9 Å². The molecule has 0 aliphatic carbocycles. The Bertz CT molecular complexity index is 354. The Labute approximate surface area is 98.4 Å². The van der Waals surface area contributed by atoms with Gasteiger partial charge in [0.15, 0.2) is 0 Å². The molecule has 16 heavy (non-hydrogen) atoms. The summed E-state index contributed by atoms with van der Waals surface area (Å²) >= 11 is 1.66. The molecule has 1 aromatic rings. The summed E-state index contributed by atoms with van der Waals surface area (Å²) in [7, 11) is 0. The van der Waals surface area contributed by atoms with Crippen LogP contribution in [0.25, 0.3) is 0 Å². The average Bonchev–Trinajstić information content (AvgIpc) is 2.62. The minimum atomic E-state index is -0.872. The Morgan fingerprint density at radius 1 is 1.69 bits per heavy atom. The molecule has 2 amide bonds. The maximum Gasteiger partial charge on any atom is 0.338 e. The van der Waals surface area contributed by atoms with E-state index in [9.17, 15) is 10.0 Å². The molecule has 6 heteroatoms. The number of ether oxygens (including phenoxy) is 1. The van der Waals surface area contributed by atoms with Crippen LogP contribution in [-0.2, 0) is 11.3 Å². The van der Waals surface area contributed by atoms with E-state index in [1.54, 1.807) is 18.3 Å². The molecule has 1 atom stereocenters. The quantitative estimate of drug-likeness (QED) is 0.611. The summed E-state index contributed by atoms with van der Waals surface area (Å²) in [5, 5.41) is 9.65. The van der Waals surface area contributed by atoms with Gasteiger partial charge in [-0.05, 0) is 26.0 Å². The molecule has 0 saturated heterocycles. The van der Waals surface area contributed by atoms with Gasteiger partial charge >= 0.3 is 6.03 Å². The molecule has 0 aliphatic heterocycles. The molecule has 0 bridgehead atoms. The fourth-order valence-corrected chi connectivity index (χ4v) is 2.01. The van der Waals surface area contributed by atoms with Crippen LogP contribution < -0.4 is 5.73 Å². The third-order valence-electron chi connectivity index (χ3n) is 2.04. The summed E-state index contributed by atoms with van der Waals surface area (Å²) < 4.78 is 5.37. The largest absolute Gasteiger partial charge is 0.374 e. The molecule has 1 unspecified atom stereocenters. The first kappa shape index (κ1) is 13.0. The summed E-state index contributed by atoms with van der Waals surface area (Å²) in [4.78, 5) is 13.0. The molecule has 90 valence electrons. The first-order chi connectivity index (χ1) is 7.50. The van der Waals surface area contributed by atoms with Crippen molar-refractivity contribution in [2.24, 2.45) is 5.73 Å². The summed E-state index contributed by atoms with van der Waals surface area (Å²) in [5.41, 5.74) is 4.91. The highest BCUT2D eigenvalue weighted by atomic mass is 32.1. The molecular formula is C10H16N2O3S. The van der Waals surface area contributed by atoms with Gasteiger partial charge in [0.05, 0.1) is 19.3 Å². The number of nitrogens with zero attached hydrogens (tertiary/aromatic N) is 1. The fourth-order valence-electron chi connectivity index (χ4n) is 1.18. The lowest BCUT2D eigenvalue weighted by Gasteiger charge is -2.19. The molecule has 1 aromatic heterocycles. The van der Waals surface area contributed by atoms with Crippen LogP contribution in [0.1, 0.15) is 16.7 Å². The number of hydrogen-bond acceptors (Lipinski definition) is 4. The lowest BCUT2D eigenvalue weighted by Crippen LogP contribution is -2.41. The molecule has 0 spiro atoms. The predicted octanol–water partition coefficient (Wildman–Crippen LogP) is 1.73. The number of hydroxylamine groups is 2. The third-order valence-corrected chi connectivity index (χ3v) is 3.02. The molecular weight excluding hydrogens is 228 g/mol. The van der Waals surface area contributed by atoms with E-state index in [0.717, 1.165) is 4.88 Å². The Kier molecular flexibility index (Phi) is 4.72. The normalized spacial score (nSPS) is 12.4. The zero-order valence-corrected chi connectivity index (χ0v) is 10.2. The van der Waals surface area contributed by atoms with Gasteiger partial charge in [0.2, 0.25) is 0 Å². The van der Waals surface area contributed by atoms with E-state index in [-0.39, 0.29) is 6.61 Å². The summed E-state index contributed by atoms with van der Waals surface area (Å²) in [6, 6.07) is 2.70. The van der Waals surface area contributed by atoms with E-state index in [1.165, 1.54) is 4.88 Å². The minimum absolute atomic E-state index is 0.246. The van der Waals surface area contributed by atoms with Gasteiger partial charge in [-0.25, -0.2) is 9.86 Å². The van der Waals surface area contributed by atoms with Gasteiger partial charge in [0.1, 0.15) is 0 Å². The van der Waals surface area contributed by atoms with Gasteiger partial charge < -0.3 is 10.5 Å². The van der Waals surface area contributed by atoms with Crippen molar-refractivity contribution < 1.29 is 14.7 Å². The van der Waals surface area contributed by atoms with Gasteiger partial charge in [0, 0.05) is 9.75 Å². The van der Waals surface area contributed by atoms with Crippen molar-refractivity contribution in [3.8, 4) is 0 Å². The van der Waals surface area contributed by atoms with Crippen LogP contribution in [0.3, 0.4) is 0 Å². The van der Waals surface area contributed by atoms with Crippen LogP contribution >= 0.6 is 11.3 Å². The van der Waals surface area contributed by atoms with Gasteiger partial charge in [0.25, 0.3) is 0 Å². The zero-order chi connectivity index (χ0) is 12.1. The molecule has 0 saturated carbocycles. The first-order valence-corrected chi connectivity index (χ1v) is 5.73. The average molecular weight is 244 g/mol. The van der Waals surface area contributed by atoms with Crippen molar-refractivity contribution >= 4 is 17.4 Å². The smallest absolute Gasteiger partial charge is 0.338 e. The topological polar surface area (TPSA) is 75.8 Å². The van der Waals surface area contributed by atoms with E-state index in [1.807, 2.05) is 19.1 Å². The predicted molar refractivity (Wildman–Crippen MR) is 61.4 cm³/mol. The summed E-state index contributed by atoms with van der Waals surface area (Å²) in [6.45, 7) is 4.41. The molecule has 0 radical (unpaired) electrons. The van der Waals surface area contributed by atoms with Crippen LogP contribution in [0.4, 0.5) is 4.79 Å². The van der Waals surface area contributed by atoms with Crippen LogP contribution in [-0.4, -0.2) is 29.0 Å². The van der Waals surface area contributed by atoms with Crippen molar-refractivity contribution in [1.29, 1.82) is 0 Å². The number of thiophene rings is 1. The zero-order valence-electron chi connectivity index (χ0n) is 9.34. The third kappa shape index (κ3) is 3.80. The fraction of sp³-hybridized carbons (Fsp3) is 0.500. The van der Waals surface area contributed by atoms with E-state index in [4.69, 9.17) is 10.5 Å². The van der Waals surface area contributed by atoms with E-state index < -0.39 is 12.1 Å². The van der Waals surface area contributed by atoms with Crippen molar-refractivity contribution in [1.82, 2.24) is 5.06 Å². The highest BCUT2D eigenvalue weighted by Gasteiger charge is 2.14. The van der Waals surface area contributed by atoms with Crippen LogP contribution in [0.15, 0.2) is 12.1 Å². The van der Waals surface area contributed by atoms with E-state index in [2.05, 4.69) is 0 Å². The van der Waals surface area contributed by atoms with Crippen molar-refractivity contribution in [2.75, 3.05) is 6.61 Å². The maximum absolute atomic E-state index is 10.6. The van der Waals surface area contributed by atoms with E-state index in [0.29, 0.717) is 11.7 Å². The number of hydrogen-bond donors (Lipinski definition) is 2. The summed E-state index contributed by atoms with van der Waals surface area (Å²) in [6.07, 6.45) is 0. The summed E-state index contributed by atoms with van der Waals surface area (Å²) in [5.74, 6) is 0. The number of nitrogens with two attached hydrogens (primary N) is 1. The molecule has 1 rings (SSSR count). The first-order valence-electron chi connectivity index (χ1n) is 4.91. The number of amides is 2. The molecule has 0 fully saturated rings. The van der Waals surface area contributed by atoms with Crippen molar-refractivity contribution in [3.63, 3.8) is 0 Å². The molecule has 5 nitrogen and oxygen atoms in total. The van der Waals surface area contributed by atoms with Gasteiger partial charge in [-0.15, -0.1) is 11.3 Å². The van der Waals surface area contributed by atoms with Gasteiger partial charge in [-0.1, -0.05) is 0 Å². The number of carbonyl (C=O) groups is 1. The van der Waals surface area contributed by atoms with E-state index >= 15 is 0 Å². The highest BCUT2D eigenvalue weighted by molar-refractivity contribution is 7.11. The second-order valence-electron chi connectivity index (χ2n) is 3.56. The Hall–Kier alpha value is -1.11. The van der Waals surface area contributed by atoms with Crippen molar-refractivity contribution in [2.45, 2.75) is 26.5 Å². The molecule has 3 N–H and O–H groups in total. The maximum atomic E-state index is 10.6.